The van der Waals surface area contributed by atoms with Gasteiger partial charge in [-0.2, -0.15) is 0 Å². The molecule has 1 saturated heterocycles. The number of pyridine rings is 1. The molecule has 0 aliphatic carbocycles. The van der Waals surface area contributed by atoms with Crippen molar-refractivity contribution >= 4 is 5.91 Å². The van der Waals surface area contributed by atoms with E-state index in [9.17, 15) is 9.18 Å². The summed E-state index contributed by atoms with van der Waals surface area (Å²) in [6, 6.07) is 8.79. The van der Waals surface area contributed by atoms with Crippen LogP contribution in [0.2, 0.25) is 0 Å². The summed E-state index contributed by atoms with van der Waals surface area (Å²) in [5, 5.41) is 2.83. The summed E-state index contributed by atoms with van der Waals surface area (Å²) in [6.07, 6.45) is 3.15. The second-order valence-electron chi connectivity index (χ2n) is 6.22. The van der Waals surface area contributed by atoms with Crippen LogP contribution in [0.4, 0.5) is 4.39 Å². The number of halogens is 1. The molecule has 2 aromatic rings. The highest BCUT2D eigenvalue weighted by Gasteiger charge is 2.26. The number of hydrogen-bond donors (Lipinski definition) is 2. The molecular weight excluding hydrogens is 337 g/mol. The number of rotatable bonds is 6. The Balaban J connectivity index is 1.62. The van der Waals surface area contributed by atoms with Gasteiger partial charge in [0.1, 0.15) is 11.6 Å². The van der Waals surface area contributed by atoms with Gasteiger partial charge in [-0.3, -0.25) is 4.79 Å². The molecule has 7 heteroatoms. The second-order valence-corrected chi connectivity index (χ2v) is 6.22. The summed E-state index contributed by atoms with van der Waals surface area (Å²) < 4.78 is 24.3. The normalized spacial score (nSPS) is 16.1. The molecule has 1 aliphatic heterocycles. The summed E-state index contributed by atoms with van der Waals surface area (Å²) in [6.45, 7) is 1.51. The number of hydrogen-bond acceptors (Lipinski definition) is 5. The molecule has 1 aromatic heterocycles. The van der Waals surface area contributed by atoms with Crippen LogP contribution < -0.4 is 15.8 Å². The van der Waals surface area contributed by atoms with E-state index in [1.54, 1.807) is 30.5 Å². The number of aromatic nitrogens is 1. The molecule has 0 saturated carbocycles. The van der Waals surface area contributed by atoms with Gasteiger partial charge in [0.25, 0.3) is 0 Å². The first-order valence-electron chi connectivity index (χ1n) is 8.62. The minimum atomic E-state index is -0.567. The third-order valence-electron chi connectivity index (χ3n) is 4.39. The Labute approximate surface area is 151 Å². The van der Waals surface area contributed by atoms with Crippen molar-refractivity contribution in [1.82, 2.24) is 10.3 Å². The van der Waals surface area contributed by atoms with Crippen molar-refractivity contribution in [3.05, 3.63) is 54.0 Å². The third-order valence-corrected chi connectivity index (χ3v) is 4.39. The fourth-order valence-corrected chi connectivity index (χ4v) is 2.88. The minimum Gasteiger partial charge on any atom is -0.439 e. The van der Waals surface area contributed by atoms with Crippen molar-refractivity contribution in [2.45, 2.75) is 25.4 Å². The van der Waals surface area contributed by atoms with E-state index in [-0.39, 0.29) is 18.4 Å². The number of carbonyl (C=O) groups is 1. The van der Waals surface area contributed by atoms with E-state index in [4.69, 9.17) is 15.2 Å². The van der Waals surface area contributed by atoms with E-state index in [0.717, 1.165) is 12.8 Å². The largest absolute Gasteiger partial charge is 0.439 e. The number of amides is 1. The van der Waals surface area contributed by atoms with Gasteiger partial charge in [0.05, 0.1) is 6.04 Å². The van der Waals surface area contributed by atoms with E-state index in [0.29, 0.717) is 30.4 Å². The van der Waals surface area contributed by atoms with Gasteiger partial charge in [-0.05, 0) is 37.0 Å². The lowest BCUT2D eigenvalue weighted by Crippen LogP contribution is -2.46. The topological polar surface area (TPSA) is 86.5 Å². The highest BCUT2D eigenvalue weighted by Crippen LogP contribution is 2.23. The van der Waals surface area contributed by atoms with Crippen molar-refractivity contribution in [2.75, 3.05) is 13.2 Å². The number of ether oxygens (including phenoxy) is 2. The van der Waals surface area contributed by atoms with Gasteiger partial charge in [0.2, 0.25) is 11.8 Å². The Hall–Kier alpha value is -2.51. The first kappa shape index (κ1) is 18.3. The summed E-state index contributed by atoms with van der Waals surface area (Å²) in [4.78, 5) is 16.5. The zero-order valence-corrected chi connectivity index (χ0v) is 14.4. The molecule has 1 unspecified atom stereocenters. The summed E-state index contributed by atoms with van der Waals surface area (Å²) in [7, 11) is 0. The van der Waals surface area contributed by atoms with Crippen LogP contribution in [0.3, 0.4) is 0 Å². The molecule has 3 N–H and O–H groups in total. The first-order chi connectivity index (χ1) is 12.6. The van der Waals surface area contributed by atoms with Crippen LogP contribution in [-0.2, 0) is 16.1 Å². The Kier molecular flexibility index (Phi) is 6.14. The van der Waals surface area contributed by atoms with Crippen molar-refractivity contribution in [3.63, 3.8) is 0 Å². The maximum absolute atomic E-state index is 13.3. The molecule has 1 aliphatic rings. The van der Waals surface area contributed by atoms with Gasteiger partial charge in [-0.1, -0.05) is 12.1 Å². The van der Waals surface area contributed by atoms with Crippen LogP contribution in [0.15, 0.2) is 42.6 Å². The van der Waals surface area contributed by atoms with E-state index in [2.05, 4.69) is 10.3 Å². The van der Waals surface area contributed by atoms with Crippen LogP contribution >= 0.6 is 0 Å². The molecular formula is C19H22FN3O3. The molecule has 2 heterocycles. The third kappa shape index (κ3) is 4.77. The Morgan fingerprint density at radius 2 is 2.15 bits per heavy atom. The highest BCUT2D eigenvalue weighted by molar-refractivity contribution is 5.81. The minimum absolute atomic E-state index is 0.126. The summed E-state index contributed by atoms with van der Waals surface area (Å²) >= 11 is 0. The molecule has 26 heavy (non-hydrogen) atoms. The standard InChI is InChI=1S/C19H22FN3O3/c20-15-4-1-5-16(11-15)26-19-14(3-2-8-22-19)12-23-18(24)17(21)13-6-9-25-10-7-13/h1-5,8,11,13,17H,6-7,9-10,12,21H2,(H,23,24). The zero-order valence-electron chi connectivity index (χ0n) is 14.4. The molecule has 0 bridgehead atoms. The number of carbonyl (C=O) groups excluding carboxylic acids is 1. The average Bonchev–Trinajstić information content (AvgIpc) is 2.67. The fourth-order valence-electron chi connectivity index (χ4n) is 2.88. The number of benzene rings is 1. The quantitative estimate of drug-likeness (QED) is 0.827. The zero-order chi connectivity index (χ0) is 18.4. The van der Waals surface area contributed by atoms with Crippen LogP contribution in [-0.4, -0.2) is 30.1 Å². The van der Waals surface area contributed by atoms with Crippen molar-refractivity contribution in [1.29, 1.82) is 0 Å². The monoisotopic (exact) mass is 359 g/mol. The molecule has 3 rings (SSSR count). The first-order valence-corrected chi connectivity index (χ1v) is 8.62. The lowest BCUT2D eigenvalue weighted by atomic mass is 9.92. The van der Waals surface area contributed by atoms with E-state index in [1.165, 1.54) is 12.1 Å². The molecule has 0 radical (unpaired) electrons. The predicted molar refractivity (Wildman–Crippen MR) is 94.1 cm³/mol. The summed E-state index contributed by atoms with van der Waals surface area (Å²) in [5.41, 5.74) is 6.76. The Bertz CT molecular complexity index is 750. The second kappa shape index (κ2) is 8.73. The van der Waals surface area contributed by atoms with Gasteiger partial charge in [-0.25, -0.2) is 9.37 Å². The van der Waals surface area contributed by atoms with E-state index in [1.807, 2.05) is 0 Å². The van der Waals surface area contributed by atoms with Gasteiger partial charge in [-0.15, -0.1) is 0 Å². The number of nitrogens with two attached hydrogens (primary N) is 1. The Morgan fingerprint density at radius 3 is 2.92 bits per heavy atom. The SMILES string of the molecule is NC(C(=O)NCc1cccnc1Oc1cccc(F)c1)C1CCOCC1. The van der Waals surface area contributed by atoms with Gasteiger partial charge < -0.3 is 20.5 Å². The van der Waals surface area contributed by atoms with E-state index < -0.39 is 11.9 Å². The molecule has 6 nitrogen and oxygen atoms in total. The predicted octanol–water partition coefficient (Wildman–Crippen LogP) is 2.38. The Morgan fingerprint density at radius 1 is 1.35 bits per heavy atom. The van der Waals surface area contributed by atoms with E-state index >= 15 is 0 Å². The molecule has 1 aromatic carbocycles. The molecule has 1 fully saturated rings. The van der Waals surface area contributed by atoms with Crippen LogP contribution in [0, 0.1) is 11.7 Å². The number of nitrogens with one attached hydrogen (secondary N) is 1. The van der Waals surface area contributed by atoms with Crippen molar-refractivity contribution in [2.24, 2.45) is 11.7 Å². The molecule has 0 spiro atoms. The molecule has 1 atom stereocenters. The van der Waals surface area contributed by atoms with Crippen LogP contribution in [0.25, 0.3) is 0 Å². The van der Waals surface area contributed by atoms with Gasteiger partial charge in [0, 0.05) is 37.6 Å². The lowest BCUT2D eigenvalue weighted by Gasteiger charge is -2.26. The van der Waals surface area contributed by atoms with Gasteiger partial charge >= 0.3 is 0 Å². The molecule has 1 amide bonds. The summed E-state index contributed by atoms with van der Waals surface area (Å²) in [5.74, 6) is 0.182. The van der Waals surface area contributed by atoms with Crippen LogP contribution in [0.5, 0.6) is 11.6 Å². The molecule has 138 valence electrons. The smallest absolute Gasteiger partial charge is 0.237 e. The average molecular weight is 359 g/mol. The lowest BCUT2D eigenvalue weighted by molar-refractivity contribution is -0.124. The fraction of sp³-hybridized carbons (Fsp3) is 0.368. The maximum Gasteiger partial charge on any atom is 0.237 e. The van der Waals surface area contributed by atoms with Crippen molar-refractivity contribution < 1.29 is 18.7 Å². The maximum atomic E-state index is 13.3. The van der Waals surface area contributed by atoms with Gasteiger partial charge in [0.15, 0.2) is 0 Å². The number of nitrogens with zero attached hydrogens (tertiary/aromatic N) is 1. The van der Waals surface area contributed by atoms with Crippen LogP contribution in [0.1, 0.15) is 18.4 Å². The van der Waals surface area contributed by atoms with Crippen molar-refractivity contribution in [3.8, 4) is 11.6 Å². The highest BCUT2D eigenvalue weighted by atomic mass is 19.1.